The van der Waals surface area contributed by atoms with Crippen LogP contribution in [-0.2, 0) is 6.42 Å². The van der Waals surface area contributed by atoms with Gasteiger partial charge in [-0.25, -0.2) is 0 Å². The highest BCUT2D eigenvalue weighted by Gasteiger charge is 2.27. The average molecular weight is 384 g/mol. The summed E-state index contributed by atoms with van der Waals surface area (Å²) < 4.78 is 6.19. The molecule has 0 aliphatic carbocycles. The molecule has 0 bridgehead atoms. The molecule has 6 heteroatoms. The van der Waals surface area contributed by atoms with E-state index in [9.17, 15) is 9.82 Å². The Kier molecular flexibility index (Phi) is 6.05. The van der Waals surface area contributed by atoms with Gasteiger partial charge in [0.15, 0.2) is 5.43 Å². The minimum Gasteiger partial charge on any atom is -0.459 e. The SMILES string of the molecule is CB(O)NC(c1oc2cc(Cl)ccc2c(=O)c1Cc1ccccc1)C(C)C. The van der Waals surface area contributed by atoms with Crippen LogP contribution in [0.25, 0.3) is 11.0 Å². The van der Waals surface area contributed by atoms with Crippen molar-refractivity contribution in [1.82, 2.24) is 5.23 Å². The molecule has 27 heavy (non-hydrogen) atoms. The zero-order valence-corrected chi connectivity index (χ0v) is 16.5. The number of benzene rings is 2. The third kappa shape index (κ3) is 4.43. The Balaban J connectivity index is 2.24. The molecule has 1 aromatic heterocycles. The van der Waals surface area contributed by atoms with E-state index >= 15 is 0 Å². The Hall–Kier alpha value is -2.08. The molecular formula is C21H23BClNO3. The predicted octanol–water partition coefficient (Wildman–Crippen LogP) is 4.43. The largest absolute Gasteiger partial charge is 0.459 e. The standard InChI is InChI=1S/C21H23BClNO3/c1-13(2)19(24-22(3)26)21-17(11-14-7-5-4-6-8-14)20(25)16-10-9-15(23)12-18(16)27-21/h4-10,12-13,19,24,26H,11H2,1-3H3. The monoisotopic (exact) mass is 383 g/mol. The molecule has 2 aromatic carbocycles. The second-order valence-corrected chi connectivity index (χ2v) is 7.58. The molecule has 3 aromatic rings. The van der Waals surface area contributed by atoms with Crippen molar-refractivity contribution in [3.05, 3.63) is 80.7 Å². The zero-order chi connectivity index (χ0) is 19.6. The maximum atomic E-state index is 13.3. The molecule has 1 atom stereocenters. The number of fused-ring (bicyclic) bond motifs is 1. The first-order chi connectivity index (χ1) is 12.9. The van der Waals surface area contributed by atoms with Crippen LogP contribution in [0.5, 0.6) is 0 Å². The number of nitrogens with one attached hydrogen (secondary N) is 1. The van der Waals surface area contributed by atoms with Crippen LogP contribution in [-0.4, -0.2) is 12.1 Å². The molecule has 0 amide bonds. The van der Waals surface area contributed by atoms with Crippen molar-refractivity contribution in [2.24, 2.45) is 5.92 Å². The van der Waals surface area contributed by atoms with Gasteiger partial charge < -0.3 is 14.7 Å². The van der Waals surface area contributed by atoms with Crippen molar-refractivity contribution < 1.29 is 9.44 Å². The summed E-state index contributed by atoms with van der Waals surface area (Å²) in [7, 11) is -0.734. The molecule has 3 rings (SSSR count). The summed E-state index contributed by atoms with van der Waals surface area (Å²) in [5.74, 6) is 0.656. The van der Waals surface area contributed by atoms with Crippen LogP contribution in [0.15, 0.2) is 57.7 Å². The molecule has 0 aliphatic heterocycles. The van der Waals surface area contributed by atoms with E-state index in [4.69, 9.17) is 16.0 Å². The Morgan fingerprint density at radius 2 is 1.89 bits per heavy atom. The van der Waals surface area contributed by atoms with Gasteiger partial charge in [0.2, 0.25) is 0 Å². The Morgan fingerprint density at radius 1 is 1.19 bits per heavy atom. The summed E-state index contributed by atoms with van der Waals surface area (Å²) in [6, 6.07) is 14.6. The molecule has 140 valence electrons. The molecule has 0 aliphatic rings. The molecule has 0 fully saturated rings. The first kappa shape index (κ1) is 19.7. The number of hydrogen-bond acceptors (Lipinski definition) is 4. The molecule has 2 N–H and O–H groups in total. The Morgan fingerprint density at radius 3 is 2.52 bits per heavy atom. The van der Waals surface area contributed by atoms with Crippen LogP contribution in [0, 0.1) is 5.92 Å². The fourth-order valence-corrected chi connectivity index (χ4v) is 3.43. The summed E-state index contributed by atoms with van der Waals surface area (Å²) >= 11 is 6.10. The van der Waals surface area contributed by atoms with Gasteiger partial charge in [-0.2, -0.15) is 0 Å². The van der Waals surface area contributed by atoms with E-state index in [1.54, 1.807) is 25.0 Å². The highest BCUT2D eigenvalue weighted by Crippen LogP contribution is 2.29. The van der Waals surface area contributed by atoms with E-state index in [2.05, 4.69) is 5.23 Å². The van der Waals surface area contributed by atoms with E-state index in [-0.39, 0.29) is 17.4 Å². The van der Waals surface area contributed by atoms with Crippen LogP contribution >= 0.6 is 11.6 Å². The molecule has 0 saturated heterocycles. The predicted molar refractivity (Wildman–Crippen MR) is 111 cm³/mol. The fraction of sp³-hybridized carbons (Fsp3) is 0.286. The maximum Gasteiger partial charge on any atom is 0.374 e. The lowest BCUT2D eigenvalue weighted by molar-refractivity contribution is 0.368. The molecule has 0 saturated carbocycles. The summed E-state index contributed by atoms with van der Waals surface area (Å²) in [5, 5.41) is 14.0. The molecule has 0 radical (unpaired) electrons. The molecule has 1 heterocycles. The van der Waals surface area contributed by atoms with Gasteiger partial charge in [-0.3, -0.25) is 4.79 Å². The molecular weight excluding hydrogens is 361 g/mol. The third-order valence-electron chi connectivity index (χ3n) is 4.57. The van der Waals surface area contributed by atoms with E-state index < -0.39 is 7.05 Å². The number of rotatable bonds is 6. The van der Waals surface area contributed by atoms with E-state index in [0.717, 1.165) is 5.56 Å². The van der Waals surface area contributed by atoms with Gasteiger partial charge in [-0.1, -0.05) is 55.8 Å². The maximum absolute atomic E-state index is 13.3. The Bertz CT molecular complexity index is 986. The quantitative estimate of drug-likeness (QED) is 0.618. The van der Waals surface area contributed by atoms with Gasteiger partial charge in [-0.15, -0.1) is 0 Å². The van der Waals surface area contributed by atoms with Gasteiger partial charge in [0.05, 0.1) is 11.4 Å². The first-order valence-electron chi connectivity index (χ1n) is 9.10. The number of hydrogen-bond donors (Lipinski definition) is 2. The van der Waals surface area contributed by atoms with E-state index in [1.165, 1.54) is 0 Å². The van der Waals surface area contributed by atoms with Crippen LogP contribution in [0.1, 0.15) is 36.8 Å². The zero-order valence-electron chi connectivity index (χ0n) is 15.7. The second kappa shape index (κ2) is 8.30. The van der Waals surface area contributed by atoms with E-state index in [1.807, 2.05) is 44.2 Å². The lowest BCUT2D eigenvalue weighted by Crippen LogP contribution is -2.38. The molecule has 0 spiro atoms. The van der Waals surface area contributed by atoms with Crippen molar-refractivity contribution in [3.8, 4) is 0 Å². The van der Waals surface area contributed by atoms with Gasteiger partial charge in [0.25, 0.3) is 0 Å². The van der Waals surface area contributed by atoms with Crippen LogP contribution in [0.2, 0.25) is 11.8 Å². The highest BCUT2D eigenvalue weighted by molar-refractivity contribution is 6.45. The lowest BCUT2D eigenvalue weighted by atomic mass is 9.83. The highest BCUT2D eigenvalue weighted by atomic mass is 35.5. The topological polar surface area (TPSA) is 62.5 Å². The molecule has 1 unspecified atom stereocenters. The van der Waals surface area contributed by atoms with Crippen molar-refractivity contribution in [3.63, 3.8) is 0 Å². The van der Waals surface area contributed by atoms with Crippen molar-refractivity contribution in [1.29, 1.82) is 0 Å². The van der Waals surface area contributed by atoms with Crippen molar-refractivity contribution in [2.75, 3.05) is 0 Å². The summed E-state index contributed by atoms with van der Waals surface area (Å²) in [6.07, 6.45) is 0.460. The van der Waals surface area contributed by atoms with Gasteiger partial charge in [0, 0.05) is 23.1 Å². The third-order valence-corrected chi connectivity index (χ3v) is 4.81. The van der Waals surface area contributed by atoms with Gasteiger partial charge >= 0.3 is 7.05 Å². The Labute approximate surface area is 164 Å². The van der Waals surface area contributed by atoms with E-state index in [0.29, 0.717) is 33.7 Å². The number of halogens is 1. The molecule has 4 nitrogen and oxygen atoms in total. The lowest BCUT2D eigenvalue weighted by Gasteiger charge is -2.24. The minimum atomic E-state index is -0.734. The van der Waals surface area contributed by atoms with Crippen LogP contribution in [0.3, 0.4) is 0 Å². The summed E-state index contributed by atoms with van der Waals surface area (Å²) in [5.41, 5.74) is 2.02. The van der Waals surface area contributed by atoms with Crippen molar-refractivity contribution >= 4 is 29.6 Å². The van der Waals surface area contributed by atoms with Gasteiger partial charge in [0.1, 0.15) is 11.3 Å². The summed E-state index contributed by atoms with van der Waals surface area (Å²) in [6.45, 7) is 5.70. The smallest absolute Gasteiger partial charge is 0.374 e. The van der Waals surface area contributed by atoms with Crippen molar-refractivity contribution in [2.45, 2.75) is 33.1 Å². The second-order valence-electron chi connectivity index (χ2n) is 7.14. The minimum absolute atomic E-state index is 0.0650. The van der Waals surface area contributed by atoms with Gasteiger partial charge in [-0.05, 0) is 30.4 Å². The fourth-order valence-electron chi connectivity index (χ4n) is 3.27. The van der Waals surface area contributed by atoms with Crippen LogP contribution < -0.4 is 10.7 Å². The first-order valence-corrected chi connectivity index (χ1v) is 9.47. The van der Waals surface area contributed by atoms with Crippen LogP contribution in [0.4, 0.5) is 0 Å². The summed E-state index contributed by atoms with van der Waals surface area (Å²) in [4.78, 5) is 13.3. The average Bonchev–Trinajstić information content (AvgIpc) is 2.62. The normalized spacial score (nSPS) is 12.5.